The Bertz CT molecular complexity index is 562. The molecule has 2 aliphatic carbocycles. The molecule has 1 fully saturated rings. The highest BCUT2D eigenvalue weighted by molar-refractivity contribution is 5.92. The molecule has 23 heavy (non-hydrogen) atoms. The number of hydrogen-bond donors (Lipinski definition) is 2. The number of rotatable bonds is 6. The highest BCUT2D eigenvalue weighted by Crippen LogP contribution is 2.41. The van der Waals surface area contributed by atoms with Gasteiger partial charge >= 0.3 is 0 Å². The van der Waals surface area contributed by atoms with Crippen LogP contribution in [-0.4, -0.2) is 26.2 Å². The summed E-state index contributed by atoms with van der Waals surface area (Å²) in [5.41, 5.74) is 10.4. The zero-order valence-corrected chi connectivity index (χ0v) is 14.2. The maximum Gasteiger partial charge on any atom is 0.193 e. The van der Waals surface area contributed by atoms with Gasteiger partial charge in [0.25, 0.3) is 0 Å². The van der Waals surface area contributed by atoms with E-state index >= 15 is 0 Å². The summed E-state index contributed by atoms with van der Waals surface area (Å²) in [6, 6.07) is 6.55. The number of fused-ring (bicyclic) bond motifs is 1. The van der Waals surface area contributed by atoms with Crippen molar-refractivity contribution in [1.82, 2.24) is 0 Å². The molecule has 0 heterocycles. The largest absolute Gasteiger partial charge is 0.385 e. The summed E-state index contributed by atoms with van der Waals surface area (Å²) in [6.07, 6.45) is 9.83. The molecule has 1 aromatic carbocycles. The van der Waals surface area contributed by atoms with E-state index in [0.29, 0.717) is 11.4 Å². The van der Waals surface area contributed by atoms with Gasteiger partial charge in [0.05, 0.1) is 0 Å². The van der Waals surface area contributed by atoms with Gasteiger partial charge in [-0.25, -0.2) is 0 Å². The van der Waals surface area contributed by atoms with Crippen LogP contribution in [0.5, 0.6) is 0 Å². The van der Waals surface area contributed by atoms with Crippen molar-refractivity contribution in [2.45, 2.75) is 51.4 Å². The minimum absolute atomic E-state index is 0.292. The summed E-state index contributed by atoms with van der Waals surface area (Å²) in [4.78, 5) is 4.65. The fourth-order valence-electron chi connectivity index (χ4n) is 4.02. The van der Waals surface area contributed by atoms with Gasteiger partial charge in [-0.1, -0.05) is 18.9 Å². The summed E-state index contributed by atoms with van der Waals surface area (Å²) in [5.74, 6) is 0.534. The van der Waals surface area contributed by atoms with Crippen LogP contribution >= 0.6 is 0 Å². The number of ether oxygens (including phenoxy) is 1. The molecular weight excluding hydrogens is 286 g/mol. The monoisotopic (exact) mass is 315 g/mol. The molecular formula is C19H29N3O. The van der Waals surface area contributed by atoms with Gasteiger partial charge in [-0.2, -0.15) is 0 Å². The van der Waals surface area contributed by atoms with Crippen LogP contribution in [0.1, 0.15) is 49.7 Å². The summed E-state index contributed by atoms with van der Waals surface area (Å²) in [7, 11) is 1.77. The first-order valence-electron chi connectivity index (χ1n) is 8.88. The van der Waals surface area contributed by atoms with Crippen LogP contribution in [0.3, 0.4) is 0 Å². The van der Waals surface area contributed by atoms with Gasteiger partial charge in [0.15, 0.2) is 5.96 Å². The van der Waals surface area contributed by atoms with Gasteiger partial charge < -0.3 is 15.8 Å². The number of nitrogens with one attached hydrogen (secondary N) is 1. The molecule has 1 saturated carbocycles. The molecule has 0 aliphatic heterocycles. The van der Waals surface area contributed by atoms with Crippen LogP contribution < -0.4 is 11.1 Å². The number of anilines is 1. The molecule has 0 spiro atoms. The fourth-order valence-corrected chi connectivity index (χ4v) is 4.02. The zero-order chi connectivity index (χ0) is 16.1. The van der Waals surface area contributed by atoms with Crippen molar-refractivity contribution >= 4 is 11.6 Å². The Balaban J connectivity index is 1.60. The second-order valence-electron chi connectivity index (χ2n) is 7.11. The van der Waals surface area contributed by atoms with Crippen LogP contribution in [0.4, 0.5) is 5.69 Å². The molecule has 0 amide bonds. The summed E-state index contributed by atoms with van der Waals surface area (Å²) in [6.45, 7) is 1.62. The first-order valence-corrected chi connectivity index (χ1v) is 8.88. The lowest BCUT2D eigenvalue weighted by molar-refractivity contribution is 0.141. The third-order valence-corrected chi connectivity index (χ3v) is 5.46. The summed E-state index contributed by atoms with van der Waals surface area (Å²) < 4.78 is 5.28. The van der Waals surface area contributed by atoms with Gasteiger partial charge in [-0.3, -0.25) is 4.99 Å². The van der Waals surface area contributed by atoms with E-state index in [1.807, 2.05) is 0 Å². The van der Waals surface area contributed by atoms with Crippen LogP contribution in [0.25, 0.3) is 0 Å². The van der Waals surface area contributed by atoms with E-state index in [-0.39, 0.29) is 0 Å². The predicted molar refractivity (Wildman–Crippen MR) is 96.0 cm³/mol. The number of aryl methyl sites for hydroxylation is 2. The van der Waals surface area contributed by atoms with Gasteiger partial charge in [-0.15, -0.1) is 0 Å². The second-order valence-corrected chi connectivity index (χ2v) is 7.11. The Kier molecular flexibility index (Phi) is 5.21. The lowest BCUT2D eigenvalue weighted by Gasteiger charge is -2.26. The molecule has 0 bridgehead atoms. The number of guanidine groups is 1. The lowest BCUT2D eigenvalue weighted by Crippen LogP contribution is -2.28. The molecule has 3 rings (SSSR count). The Morgan fingerprint density at radius 2 is 2.00 bits per heavy atom. The van der Waals surface area contributed by atoms with Gasteiger partial charge in [0, 0.05) is 25.9 Å². The average Bonchev–Trinajstić information content (AvgIpc) is 3.20. The fraction of sp³-hybridized carbons (Fsp3) is 0.632. The molecule has 4 heteroatoms. The maximum absolute atomic E-state index is 6.12. The molecule has 3 N–H and O–H groups in total. The zero-order valence-electron chi connectivity index (χ0n) is 14.2. The van der Waals surface area contributed by atoms with Gasteiger partial charge in [0.2, 0.25) is 0 Å². The molecule has 0 atom stereocenters. The molecule has 4 nitrogen and oxygen atoms in total. The Morgan fingerprint density at radius 3 is 2.78 bits per heavy atom. The molecule has 0 aromatic heterocycles. The number of benzene rings is 1. The molecule has 126 valence electrons. The maximum atomic E-state index is 6.12. The van der Waals surface area contributed by atoms with Crippen LogP contribution in [0.2, 0.25) is 0 Å². The molecule has 1 aromatic rings. The lowest BCUT2D eigenvalue weighted by atomic mass is 9.83. The topological polar surface area (TPSA) is 59.6 Å². The third-order valence-electron chi connectivity index (χ3n) is 5.46. The van der Waals surface area contributed by atoms with Crippen molar-refractivity contribution < 1.29 is 4.74 Å². The predicted octanol–water partition coefficient (Wildman–Crippen LogP) is 3.50. The Morgan fingerprint density at radius 1 is 1.22 bits per heavy atom. The van der Waals surface area contributed by atoms with Crippen LogP contribution in [0, 0.1) is 5.41 Å². The minimum Gasteiger partial charge on any atom is -0.385 e. The molecule has 0 unspecified atom stereocenters. The van der Waals surface area contributed by atoms with Crippen LogP contribution in [-0.2, 0) is 17.6 Å². The van der Waals surface area contributed by atoms with E-state index < -0.39 is 0 Å². The van der Waals surface area contributed by atoms with Crippen LogP contribution in [0.15, 0.2) is 23.2 Å². The van der Waals surface area contributed by atoms with Crippen molar-refractivity contribution in [1.29, 1.82) is 0 Å². The van der Waals surface area contributed by atoms with E-state index in [0.717, 1.165) is 25.3 Å². The first kappa shape index (κ1) is 16.3. The number of hydrogen-bond acceptors (Lipinski definition) is 2. The number of nitrogens with zero attached hydrogens (tertiary/aromatic N) is 1. The Hall–Kier alpha value is -1.55. The van der Waals surface area contributed by atoms with Gasteiger partial charge in [-0.05, 0) is 67.2 Å². The number of aliphatic imine (C=N–C) groups is 1. The summed E-state index contributed by atoms with van der Waals surface area (Å²) >= 11 is 0. The highest BCUT2D eigenvalue weighted by Gasteiger charge is 2.33. The average molecular weight is 315 g/mol. The number of nitrogens with two attached hydrogens (primary N) is 1. The van der Waals surface area contributed by atoms with Crippen molar-refractivity contribution in [3.8, 4) is 0 Å². The van der Waals surface area contributed by atoms with E-state index in [9.17, 15) is 0 Å². The van der Waals surface area contributed by atoms with Crippen molar-refractivity contribution in [2.24, 2.45) is 16.1 Å². The summed E-state index contributed by atoms with van der Waals surface area (Å²) in [5, 5.41) is 3.27. The van der Waals surface area contributed by atoms with E-state index in [2.05, 4.69) is 28.5 Å². The molecule has 0 saturated heterocycles. The number of methoxy groups -OCH3 is 1. The van der Waals surface area contributed by atoms with E-state index in [1.54, 1.807) is 7.11 Å². The van der Waals surface area contributed by atoms with Crippen molar-refractivity contribution in [3.05, 3.63) is 29.3 Å². The first-order chi connectivity index (χ1) is 11.2. The normalized spacial score (nSPS) is 19.8. The smallest absolute Gasteiger partial charge is 0.193 e. The molecule has 2 aliphatic rings. The quantitative estimate of drug-likeness (QED) is 0.624. The van der Waals surface area contributed by atoms with Gasteiger partial charge in [0.1, 0.15) is 0 Å². The standard InChI is InChI=1S/C19H29N3O/c1-23-12-11-19(9-2-3-10-19)14-21-18(20)22-17-8-7-15-5-4-6-16(15)13-17/h7-8,13H,2-6,9-12,14H2,1H3,(H3,20,21,22). The van der Waals surface area contributed by atoms with Crippen molar-refractivity contribution in [3.63, 3.8) is 0 Å². The SMILES string of the molecule is COCCC1(CN=C(N)Nc2ccc3c(c2)CCC3)CCCC1. The van der Waals surface area contributed by atoms with E-state index in [1.165, 1.54) is 56.1 Å². The van der Waals surface area contributed by atoms with E-state index in [4.69, 9.17) is 10.5 Å². The molecule has 0 radical (unpaired) electrons. The third kappa shape index (κ3) is 4.05. The van der Waals surface area contributed by atoms with Crippen molar-refractivity contribution in [2.75, 3.05) is 25.6 Å². The second kappa shape index (κ2) is 7.35. The Labute approximate surface area is 139 Å². The highest BCUT2D eigenvalue weighted by atomic mass is 16.5. The minimum atomic E-state index is 0.292.